The molecule has 7 nitrogen and oxygen atoms in total. The van der Waals surface area contributed by atoms with Gasteiger partial charge in [-0.2, -0.15) is 0 Å². The van der Waals surface area contributed by atoms with Gasteiger partial charge in [0, 0.05) is 12.6 Å². The molecule has 0 bridgehead atoms. The summed E-state index contributed by atoms with van der Waals surface area (Å²) in [6, 6.07) is 3.67. The van der Waals surface area contributed by atoms with E-state index in [1.54, 1.807) is 6.92 Å². The summed E-state index contributed by atoms with van der Waals surface area (Å²) in [5.74, 6) is 0.296. The van der Waals surface area contributed by atoms with Gasteiger partial charge in [-0.1, -0.05) is 0 Å². The van der Waals surface area contributed by atoms with E-state index in [4.69, 9.17) is 5.73 Å². The van der Waals surface area contributed by atoms with Gasteiger partial charge in [-0.05, 0) is 56.5 Å². The van der Waals surface area contributed by atoms with Crippen LogP contribution in [0.5, 0.6) is 0 Å². The van der Waals surface area contributed by atoms with Gasteiger partial charge in [0.1, 0.15) is 0 Å². The number of nitrogens with two attached hydrogens (primary N) is 1. The van der Waals surface area contributed by atoms with Crippen LogP contribution >= 0.6 is 0 Å². The maximum absolute atomic E-state index is 12.4. The summed E-state index contributed by atoms with van der Waals surface area (Å²) in [7, 11) is -6.01. The fraction of sp³-hybridized carbons (Fsp3) is 0.538. The average molecular weight is 347 g/mol. The molecule has 0 heterocycles. The molecule has 0 aliphatic heterocycles. The van der Waals surface area contributed by atoms with Crippen molar-refractivity contribution >= 4 is 20.0 Å². The zero-order valence-electron chi connectivity index (χ0n) is 12.5. The lowest BCUT2D eigenvalue weighted by molar-refractivity contribution is 0.519. The number of hydrogen-bond donors (Lipinski definition) is 3. The van der Waals surface area contributed by atoms with Crippen LogP contribution < -0.4 is 15.2 Å². The molecule has 2 rings (SSSR count). The normalized spacial score (nSPS) is 17.4. The first-order valence-electron chi connectivity index (χ1n) is 6.98. The van der Waals surface area contributed by atoms with Crippen molar-refractivity contribution in [3.8, 4) is 0 Å². The topological polar surface area (TPSA) is 118 Å². The summed E-state index contributed by atoms with van der Waals surface area (Å²) in [5, 5.41) is 0. The molecule has 4 N–H and O–H groups in total. The summed E-state index contributed by atoms with van der Waals surface area (Å²) in [5.41, 5.74) is 5.98. The predicted molar refractivity (Wildman–Crippen MR) is 83.3 cm³/mol. The molecule has 0 aromatic heterocycles. The molecular formula is C13H21N3O4S2. The number of benzene rings is 1. The van der Waals surface area contributed by atoms with E-state index in [1.165, 1.54) is 25.2 Å². The quantitative estimate of drug-likeness (QED) is 0.637. The van der Waals surface area contributed by atoms with Gasteiger partial charge in [0.05, 0.1) is 9.79 Å². The molecule has 1 aliphatic carbocycles. The SMILES string of the molecule is CNS(=O)(=O)c1ccc(S(=O)(=O)NC(CN)C2CC2)cc1C. The molecule has 0 saturated heterocycles. The van der Waals surface area contributed by atoms with Crippen molar-refractivity contribution in [2.24, 2.45) is 11.7 Å². The van der Waals surface area contributed by atoms with E-state index in [-0.39, 0.29) is 22.4 Å². The van der Waals surface area contributed by atoms with Crippen molar-refractivity contribution in [1.82, 2.24) is 9.44 Å². The zero-order valence-corrected chi connectivity index (χ0v) is 14.2. The lowest BCUT2D eigenvalue weighted by Gasteiger charge is -2.17. The van der Waals surface area contributed by atoms with Gasteiger partial charge < -0.3 is 5.73 Å². The first-order valence-corrected chi connectivity index (χ1v) is 9.94. The van der Waals surface area contributed by atoms with E-state index in [9.17, 15) is 16.8 Å². The van der Waals surface area contributed by atoms with Crippen LogP contribution in [-0.2, 0) is 20.0 Å². The Morgan fingerprint density at radius 1 is 1.23 bits per heavy atom. The average Bonchev–Trinajstić information content (AvgIpc) is 3.29. The van der Waals surface area contributed by atoms with Crippen molar-refractivity contribution < 1.29 is 16.8 Å². The van der Waals surface area contributed by atoms with Crippen LogP contribution in [0.2, 0.25) is 0 Å². The molecule has 0 spiro atoms. The Bertz CT molecular complexity index is 755. The third-order valence-electron chi connectivity index (χ3n) is 3.77. The van der Waals surface area contributed by atoms with E-state index in [0.29, 0.717) is 11.5 Å². The summed E-state index contributed by atoms with van der Waals surface area (Å²) >= 11 is 0. The number of hydrogen-bond acceptors (Lipinski definition) is 5. The number of aryl methyl sites for hydroxylation is 1. The third-order valence-corrected chi connectivity index (χ3v) is 6.83. The number of nitrogens with one attached hydrogen (secondary N) is 2. The number of rotatable bonds is 7. The van der Waals surface area contributed by atoms with E-state index in [2.05, 4.69) is 9.44 Å². The Hall–Kier alpha value is -1.00. The molecule has 1 unspecified atom stereocenters. The first-order chi connectivity index (χ1) is 10.2. The Kier molecular flexibility index (Phi) is 4.93. The lowest BCUT2D eigenvalue weighted by Crippen LogP contribution is -2.41. The van der Waals surface area contributed by atoms with Crippen molar-refractivity contribution in [3.63, 3.8) is 0 Å². The predicted octanol–water partition coefficient (Wildman–Crippen LogP) is -0.0813. The van der Waals surface area contributed by atoms with Crippen molar-refractivity contribution in [3.05, 3.63) is 23.8 Å². The summed E-state index contributed by atoms with van der Waals surface area (Å²) in [6.07, 6.45) is 1.95. The molecule has 1 aliphatic rings. The highest BCUT2D eigenvalue weighted by Crippen LogP contribution is 2.33. The van der Waals surface area contributed by atoms with E-state index < -0.39 is 20.0 Å². The molecule has 0 radical (unpaired) electrons. The minimum atomic E-state index is -3.71. The second-order valence-corrected chi connectivity index (χ2v) is 9.00. The van der Waals surface area contributed by atoms with Gasteiger partial charge in [-0.15, -0.1) is 0 Å². The van der Waals surface area contributed by atoms with Gasteiger partial charge in [0.15, 0.2) is 0 Å². The lowest BCUT2D eigenvalue weighted by atomic mass is 10.2. The summed E-state index contributed by atoms with van der Waals surface area (Å²) in [6.45, 7) is 1.81. The van der Waals surface area contributed by atoms with Gasteiger partial charge in [-0.25, -0.2) is 26.3 Å². The fourth-order valence-corrected chi connectivity index (χ4v) is 4.66. The minimum Gasteiger partial charge on any atom is -0.329 e. The standard InChI is InChI=1S/C13H21N3O4S2/c1-9-7-11(5-6-13(9)22(19,20)15-2)21(17,18)16-12(8-14)10-3-4-10/h5-7,10,12,15-16H,3-4,8,14H2,1-2H3. The maximum Gasteiger partial charge on any atom is 0.240 e. The molecule has 1 atom stereocenters. The molecule has 1 aromatic rings. The third kappa shape index (κ3) is 3.66. The molecule has 9 heteroatoms. The maximum atomic E-state index is 12.4. The second-order valence-electron chi connectivity index (χ2n) is 5.44. The van der Waals surface area contributed by atoms with Crippen LogP contribution in [0.15, 0.2) is 28.0 Å². The molecule has 1 fully saturated rings. The van der Waals surface area contributed by atoms with Crippen molar-refractivity contribution in [1.29, 1.82) is 0 Å². The van der Waals surface area contributed by atoms with E-state index >= 15 is 0 Å². The molecule has 1 aromatic carbocycles. The van der Waals surface area contributed by atoms with Crippen LogP contribution in [0.3, 0.4) is 0 Å². The molecule has 1 saturated carbocycles. The fourth-order valence-electron chi connectivity index (χ4n) is 2.30. The highest BCUT2D eigenvalue weighted by atomic mass is 32.2. The van der Waals surface area contributed by atoms with Crippen LogP contribution in [0.1, 0.15) is 18.4 Å². The van der Waals surface area contributed by atoms with E-state index in [1.807, 2.05) is 0 Å². The highest BCUT2D eigenvalue weighted by molar-refractivity contribution is 7.90. The molecule has 22 heavy (non-hydrogen) atoms. The molecule has 0 amide bonds. The van der Waals surface area contributed by atoms with Crippen LogP contribution in [0, 0.1) is 12.8 Å². The second kappa shape index (κ2) is 6.25. The zero-order chi connectivity index (χ0) is 16.5. The smallest absolute Gasteiger partial charge is 0.240 e. The van der Waals surface area contributed by atoms with Gasteiger partial charge in [0.2, 0.25) is 20.0 Å². The van der Waals surface area contributed by atoms with Crippen molar-refractivity contribution in [2.45, 2.75) is 35.6 Å². The Morgan fingerprint density at radius 2 is 1.86 bits per heavy atom. The van der Waals surface area contributed by atoms with Gasteiger partial charge in [0.25, 0.3) is 0 Å². The largest absolute Gasteiger partial charge is 0.329 e. The Balaban J connectivity index is 2.30. The molecular weight excluding hydrogens is 326 g/mol. The summed E-state index contributed by atoms with van der Waals surface area (Å²) in [4.78, 5) is 0.102. The van der Waals surface area contributed by atoms with Crippen molar-refractivity contribution in [2.75, 3.05) is 13.6 Å². The Morgan fingerprint density at radius 3 is 2.32 bits per heavy atom. The van der Waals surface area contributed by atoms with Gasteiger partial charge >= 0.3 is 0 Å². The van der Waals surface area contributed by atoms with E-state index in [0.717, 1.165) is 12.8 Å². The monoisotopic (exact) mass is 347 g/mol. The molecule has 124 valence electrons. The van der Waals surface area contributed by atoms with Crippen LogP contribution in [0.25, 0.3) is 0 Å². The van der Waals surface area contributed by atoms with Crippen LogP contribution in [-0.4, -0.2) is 36.5 Å². The summed E-state index contributed by atoms with van der Waals surface area (Å²) < 4.78 is 53.2. The number of sulfonamides is 2. The minimum absolute atomic E-state index is 0.0409. The first kappa shape index (κ1) is 17.4. The highest BCUT2D eigenvalue weighted by Gasteiger charge is 2.33. The van der Waals surface area contributed by atoms with Gasteiger partial charge in [-0.3, -0.25) is 0 Å². The Labute approximate surface area is 131 Å². The van der Waals surface area contributed by atoms with Crippen LogP contribution in [0.4, 0.5) is 0 Å².